The maximum atomic E-state index is 13.3. The highest BCUT2D eigenvalue weighted by Gasteiger charge is 2.33. The number of likely N-dealkylation sites (tertiary alicyclic amines) is 1. The number of nitrogens with zero attached hydrogens (tertiary/aromatic N) is 2. The Kier molecular flexibility index (Phi) is 5.39. The van der Waals surface area contributed by atoms with Crippen molar-refractivity contribution in [3.63, 3.8) is 0 Å². The van der Waals surface area contributed by atoms with Gasteiger partial charge in [-0.15, -0.1) is 0 Å². The zero-order valence-corrected chi connectivity index (χ0v) is 17.4. The third-order valence-corrected chi connectivity index (χ3v) is 6.05. The number of piperidine rings is 1. The zero-order chi connectivity index (χ0) is 19.0. The zero-order valence-electron chi connectivity index (χ0n) is 15.8. The van der Waals surface area contributed by atoms with Crippen LogP contribution in [0.5, 0.6) is 0 Å². The summed E-state index contributed by atoms with van der Waals surface area (Å²) >= 11 is 3.48. The fourth-order valence-electron chi connectivity index (χ4n) is 4.20. The van der Waals surface area contributed by atoms with Crippen LogP contribution >= 0.6 is 15.9 Å². The number of aryl methyl sites for hydroxylation is 1. The molecule has 2 saturated heterocycles. The molecule has 2 aliphatic rings. The van der Waals surface area contributed by atoms with Crippen LogP contribution in [-0.4, -0.2) is 48.0 Å². The van der Waals surface area contributed by atoms with Crippen molar-refractivity contribution >= 4 is 21.8 Å². The van der Waals surface area contributed by atoms with Crippen LogP contribution in [0, 0.1) is 19.8 Å². The molecule has 0 N–H and O–H groups in total. The topological polar surface area (TPSA) is 43.7 Å². The Labute approximate surface area is 168 Å². The van der Waals surface area contributed by atoms with Gasteiger partial charge in [0.05, 0.1) is 18.8 Å². The van der Waals surface area contributed by atoms with E-state index in [4.69, 9.17) is 9.47 Å². The Morgan fingerprint density at radius 1 is 1.15 bits per heavy atom. The molecule has 0 radical (unpaired) electrons. The second-order valence-corrected chi connectivity index (χ2v) is 8.28. The van der Waals surface area contributed by atoms with Gasteiger partial charge in [-0.3, -0.25) is 4.79 Å². The number of carbonyl (C=O) groups is 1. The Bertz CT molecular complexity index is 825. The molecular weight excluding hydrogens is 408 g/mol. The molecule has 5 nitrogen and oxygen atoms in total. The molecule has 1 atom stereocenters. The molecule has 0 spiro atoms. The van der Waals surface area contributed by atoms with Gasteiger partial charge >= 0.3 is 0 Å². The molecule has 0 bridgehead atoms. The first-order valence-corrected chi connectivity index (χ1v) is 10.3. The van der Waals surface area contributed by atoms with Gasteiger partial charge in [-0.05, 0) is 57.0 Å². The summed E-state index contributed by atoms with van der Waals surface area (Å²) in [7, 11) is 0. The van der Waals surface area contributed by atoms with E-state index in [0.717, 1.165) is 46.5 Å². The highest BCUT2D eigenvalue weighted by Crippen LogP contribution is 2.28. The van der Waals surface area contributed by atoms with Crippen molar-refractivity contribution in [2.45, 2.75) is 33.0 Å². The summed E-state index contributed by atoms with van der Waals surface area (Å²) in [6, 6.07) is 10.2. The molecule has 3 heterocycles. The van der Waals surface area contributed by atoms with Crippen LogP contribution in [0.25, 0.3) is 5.69 Å². The molecule has 1 aromatic heterocycles. The second-order valence-electron chi connectivity index (χ2n) is 7.36. The first-order chi connectivity index (χ1) is 13.0. The van der Waals surface area contributed by atoms with Crippen LogP contribution < -0.4 is 0 Å². The lowest BCUT2D eigenvalue weighted by Gasteiger charge is -2.34. The second kappa shape index (κ2) is 7.78. The first-order valence-electron chi connectivity index (χ1n) is 9.52. The summed E-state index contributed by atoms with van der Waals surface area (Å²) in [6.45, 7) is 6.88. The lowest BCUT2D eigenvalue weighted by atomic mass is 9.96. The van der Waals surface area contributed by atoms with Crippen molar-refractivity contribution in [3.05, 3.63) is 51.8 Å². The van der Waals surface area contributed by atoms with Crippen LogP contribution in [0.1, 0.15) is 34.6 Å². The third kappa shape index (κ3) is 3.71. The SMILES string of the molecule is Cc1cc(C(=O)N2CCCC(C3OCCO3)C2)c(C)n1-c1ccc(Br)cc1. The number of carbonyl (C=O) groups excluding carboxylic acids is 1. The first kappa shape index (κ1) is 18.7. The number of rotatable bonds is 3. The fraction of sp³-hybridized carbons (Fsp3) is 0.476. The van der Waals surface area contributed by atoms with Crippen LogP contribution in [0.15, 0.2) is 34.8 Å². The lowest BCUT2D eigenvalue weighted by molar-refractivity contribution is -0.0969. The van der Waals surface area contributed by atoms with Crippen LogP contribution in [0.4, 0.5) is 0 Å². The van der Waals surface area contributed by atoms with Gasteiger partial charge in [0.15, 0.2) is 6.29 Å². The highest BCUT2D eigenvalue weighted by molar-refractivity contribution is 9.10. The molecule has 2 aliphatic heterocycles. The predicted octanol–water partition coefficient (Wildman–Crippen LogP) is 4.08. The van der Waals surface area contributed by atoms with Crippen molar-refractivity contribution < 1.29 is 14.3 Å². The molecule has 2 fully saturated rings. The summed E-state index contributed by atoms with van der Waals surface area (Å²) in [4.78, 5) is 15.2. The molecule has 27 heavy (non-hydrogen) atoms. The monoisotopic (exact) mass is 432 g/mol. The number of benzene rings is 1. The maximum absolute atomic E-state index is 13.3. The van der Waals surface area contributed by atoms with Gasteiger partial charge < -0.3 is 18.9 Å². The smallest absolute Gasteiger partial charge is 0.255 e. The van der Waals surface area contributed by atoms with Crippen LogP contribution in [0.3, 0.4) is 0 Å². The number of ether oxygens (including phenoxy) is 2. The molecule has 1 amide bonds. The van der Waals surface area contributed by atoms with Crippen molar-refractivity contribution in [1.29, 1.82) is 0 Å². The van der Waals surface area contributed by atoms with E-state index in [1.807, 2.05) is 36.9 Å². The number of hydrogen-bond donors (Lipinski definition) is 0. The highest BCUT2D eigenvalue weighted by atomic mass is 79.9. The summed E-state index contributed by atoms with van der Waals surface area (Å²) in [5, 5.41) is 0. The van der Waals surface area contributed by atoms with E-state index in [1.165, 1.54) is 0 Å². The number of aromatic nitrogens is 1. The minimum atomic E-state index is -0.157. The average molecular weight is 433 g/mol. The van der Waals surface area contributed by atoms with Crippen LogP contribution in [-0.2, 0) is 9.47 Å². The molecular formula is C21H25BrN2O3. The molecule has 2 aromatic rings. The third-order valence-electron chi connectivity index (χ3n) is 5.52. The maximum Gasteiger partial charge on any atom is 0.255 e. The minimum absolute atomic E-state index is 0.106. The van der Waals surface area contributed by atoms with Gasteiger partial charge in [-0.25, -0.2) is 0 Å². The number of halogens is 1. The van der Waals surface area contributed by atoms with Gasteiger partial charge in [-0.2, -0.15) is 0 Å². The quantitative estimate of drug-likeness (QED) is 0.733. The van der Waals surface area contributed by atoms with E-state index in [0.29, 0.717) is 19.8 Å². The molecule has 6 heteroatoms. The van der Waals surface area contributed by atoms with E-state index < -0.39 is 0 Å². The van der Waals surface area contributed by atoms with Crippen molar-refractivity contribution in [2.24, 2.45) is 5.92 Å². The van der Waals surface area contributed by atoms with Crippen LogP contribution in [0.2, 0.25) is 0 Å². The van der Waals surface area contributed by atoms with E-state index in [-0.39, 0.29) is 18.1 Å². The van der Waals surface area contributed by atoms with Gasteiger partial charge in [0.25, 0.3) is 5.91 Å². The Balaban J connectivity index is 1.57. The van der Waals surface area contributed by atoms with Gasteiger partial charge in [0, 0.05) is 40.6 Å². The van der Waals surface area contributed by atoms with E-state index in [2.05, 4.69) is 32.6 Å². The van der Waals surface area contributed by atoms with Crippen molar-refractivity contribution in [2.75, 3.05) is 26.3 Å². The van der Waals surface area contributed by atoms with Gasteiger partial charge in [-0.1, -0.05) is 15.9 Å². The summed E-state index contributed by atoms with van der Waals surface area (Å²) in [5.74, 6) is 0.370. The summed E-state index contributed by atoms with van der Waals surface area (Å²) in [6.07, 6.45) is 1.88. The van der Waals surface area contributed by atoms with Crippen molar-refractivity contribution in [1.82, 2.24) is 9.47 Å². The lowest BCUT2D eigenvalue weighted by Crippen LogP contribution is -2.44. The predicted molar refractivity (Wildman–Crippen MR) is 107 cm³/mol. The Morgan fingerprint density at radius 3 is 2.56 bits per heavy atom. The molecule has 144 valence electrons. The standard InChI is InChI=1S/C21H25BrN2O3/c1-14-12-19(15(2)24(14)18-7-5-17(22)6-8-18)20(25)23-9-3-4-16(13-23)21-26-10-11-27-21/h5-8,12,16,21H,3-4,9-11,13H2,1-2H3. The molecule has 4 rings (SSSR count). The van der Waals surface area contributed by atoms with Crippen molar-refractivity contribution in [3.8, 4) is 5.69 Å². The molecule has 0 aliphatic carbocycles. The van der Waals surface area contributed by atoms with E-state index in [9.17, 15) is 4.79 Å². The number of amides is 1. The van der Waals surface area contributed by atoms with E-state index >= 15 is 0 Å². The van der Waals surface area contributed by atoms with Gasteiger partial charge in [0.1, 0.15) is 0 Å². The van der Waals surface area contributed by atoms with Gasteiger partial charge in [0.2, 0.25) is 0 Å². The molecule has 0 saturated carbocycles. The molecule has 1 aromatic carbocycles. The average Bonchev–Trinajstić information content (AvgIpc) is 3.31. The summed E-state index contributed by atoms with van der Waals surface area (Å²) in [5.41, 5.74) is 3.89. The Hall–Kier alpha value is -1.63. The summed E-state index contributed by atoms with van der Waals surface area (Å²) < 4.78 is 14.5. The minimum Gasteiger partial charge on any atom is -0.350 e. The Morgan fingerprint density at radius 2 is 1.85 bits per heavy atom. The molecule has 1 unspecified atom stereocenters. The van der Waals surface area contributed by atoms with E-state index in [1.54, 1.807) is 0 Å². The number of hydrogen-bond acceptors (Lipinski definition) is 3. The normalized spacial score (nSPS) is 21.0. The fourth-order valence-corrected chi connectivity index (χ4v) is 4.47. The largest absolute Gasteiger partial charge is 0.350 e.